The van der Waals surface area contributed by atoms with Crippen molar-refractivity contribution in [1.82, 2.24) is 14.7 Å². The van der Waals surface area contributed by atoms with Gasteiger partial charge in [-0.15, -0.1) is 0 Å². The van der Waals surface area contributed by atoms with Gasteiger partial charge in [0.1, 0.15) is 0 Å². The summed E-state index contributed by atoms with van der Waals surface area (Å²) in [6, 6.07) is 0.718. The predicted octanol–water partition coefficient (Wildman–Crippen LogP) is 4.74. The molecule has 0 aliphatic carbocycles. The molecule has 1 amide bonds. The van der Waals surface area contributed by atoms with Crippen LogP contribution in [0.5, 0.6) is 0 Å². The lowest BCUT2D eigenvalue weighted by Crippen LogP contribution is -2.52. The number of hydrogen-bond acceptors (Lipinski definition) is 3. The molecule has 170 valence electrons. The van der Waals surface area contributed by atoms with Gasteiger partial charge in [-0.1, -0.05) is 48.5 Å². The Balaban J connectivity index is 1.78. The lowest BCUT2D eigenvalue weighted by molar-refractivity contribution is -0.144. The Labute approximate surface area is 181 Å². The summed E-state index contributed by atoms with van der Waals surface area (Å²) < 4.78 is 0. The highest BCUT2D eigenvalue weighted by atomic mass is 16.2. The summed E-state index contributed by atoms with van der Waals surface area (Å²) in [5.41, 5.74) is -0.0815. The Morgan fingerprint density at radius 1 is 0.931 bits per heavy atom. The van der Waals surface area contributed by atoms with Gasteiger partial charge in [0.25, 0.3) is 0 Å². The smallest absolute Gasteiger partial charge is 0.228 e. The van der Waals surface area contributed by atoms with Crippen LogP contribution in [-0.2, 0) is 4.79 Å². The van der Waals surface area contributed by atoms with Crippen molar-refractivity contribution in [3.63, 3.8) is 0 Å². The Bertz CT molecular complexity index is 512. The summed E-state index contributed by atoms with van der Waals surface area (Å²) in [4.78, 5) is 20.7. The molecule has 2 heterocycles. The quantitative estimate of drug-likeness (QED) is 0.581. The minimum atomic E-state index is -0.271. The van der Waals surface area contributed by atoms with Crippen LogP contribution in [0.4, 0.5) is 0 Å². The van der Waals surface area contributed by atoms with Crippen molar-refractivity contribution >= 4 is 5.91 Å². The summed E-state index contributed by atoms with van der Waals surface area (Å²) in [5, 5.41) is 0. The van der Waals surface area contributed by atoms with E-state index in [2.05, 4.69) is 70.1 Å². The Morgan fingerprint density at radius 3 is 1.97 bits per heavy atom. The second kappa shape index (κ2) is 10.1. The van der Waals surface area contributed by atoms with Crippen LogP contribution in [0.1, 0.15) is 81.1 Å². The SMILES string of the molecule is CCC(C)N1CCN(CC2CCN(C(=O)C(C)(C)CC(C)(C)C(C)C)CC2)CC1. The molecular formula is C25H49N3O. The molecule has 0 aromatic heterocycles. The Hall–Kier alpha value is -0.610. The van der Waals surface area contributed by atoms with Gasteiger partial charge in [-0.25, -0.2) is 0 Å². The molecule has 2 fully saturated rings. The number of hydrogen-bond donors (Lipinski definition) is 0. The van der Waals surface area contributed by atoms with E-state index in [0.717, 1.165) is 31.5 Å². The third-order valence-corrected chi connectivity index (χ3v) is 8.08. The van der Waals surface area contributed by atoms with Crippen LogP contribution in [0.2, 0.25) is 0 Å². The van der Waals surface area contributed by atoms with Crippen molar-refractivity contribution in [2.75, 3.05) is 45.8 Å². The zero-order chi connectivity index (χ0) is 21.8. The zero-order valence-electron chi connectivity index (χ0n) is 20.8. The van der Waals surface area contributed by atoms with Crippen molar-refractivity contribution in [3.8, 4) is 0 Å². The van der Waals surface area contributed by atoms with E-state index in [0.29, 0.717) is 11.8 Å². The lowest BCUT2D eigenvalue weighted by Gasteiger charge is -2.43. The van der Waals surface area contributed by atoms with E-state index in [9.17, 15) is 4.79 Å². The molecule has 0 radical (unpaired) electrons. The largest absolute Gasteiger partial charge is 0.342 e. The van der Waals surface area contributed by atoms with Crippen molar-refractivity contribution in [1.29, 1.82) is 0 Å². The molecule has 0 spiro atoms. The molecule has 4 nitrogen and oxygen atoms in total. The normalized spacial score (nSPS) is 22.3. The fraction of sp³-hybridized carbons (Fsp3) is 0.960. The van der Waals surface area contributed by atoms with E-state index in [1.54, 1.807) is 0 Å². The van der Waals surface area contributed by atoms with Crippen molar-refractivity contribution in [2.24, 2.45) is 22.7 Å². The first-order valence-corrected chi connectivity index (χ1v) is 12.2. The summed E-state index contributed by atoms with van der Waals surface area (Å²) in [6.07, 6.45) is 4.54. The van der Waals surface area contributed by atoms with Gasteiger partial charge in [-0.05, 0) is 49.9 Å². The summed E-state index contributed by atoms with van der Waals surface area (Å²) >= 11 is 0. The first-order chi connectivity index (χ1) is 13.5. The average Bonchev–Trinajstić information content (AvgIpc) is 2.67. The van der Waals surface area contributed by atoms with Gasteiger partial charge in [0.2, 0.25) is 5.91 Å². The third kappa shape index (κ3) is 6.69. The van der Waals surface area contributed by atoms with E-state index < -0.39 is 0 Å². The highest BCUT2D eigenvalue weighted by Crippen LogP contribution is 2.40. The number of piperazine rings is 1. The highest BCUT2D eigenvalue weighted by molar-refractivity contribution is 5.82. The fourth-order valence-corrected chi connectivity index (χ4v) is 5.18. The van der Waals surface area contributed by atoms with E-state index in [-0.39, 0.29) is 10.8 Å². The van der Waals surface area contributed by atoms with Crippen LogP contribution in [-0.4, -0.2) is 72.5 Å². The van der Waals surface area contributed by atoms with Gasteiger partial charge < -0.3 is 9.80 Å². The number of rotatable bonds is 8. The van der Waals surface area contributed by atoms with Crippen molar-refractivity contribution < 1.29 is 4.79 Å². The number of piperidine rings is 1. The minimum absolute atomic E-state index is 0.189. The van der Waals surface area contributed by atoms with Gasteiger partial charge in [-0.3, -0.25) is 9.69 Å². The van der Waals surface area contributed by atoms with Crippen LogP contribution >= 0.6 is 0 Å². The standard InChI is InChI=1S/C25H49N3O/c1-9-21(4)27-16-14-26(15-17-27)18-22-10-12-28(13-11-22)23(29)25(7,8)19-24(5,6)20(2)3/h20-22H,9-19H2,1-8H3. The van der Waals surface area contributed by atoms with Gasteiger partial charge >= 0.3 is 0 Å². The zero-order valence-corrected chi connectivity index (χ0v) is 20.8. The maximum atomic E-state index is 13.3. The fourth-order valence-electron chi connectivity index (χ4n) is 5.18. The maximum absolute atomic E-state index is 13.3. The first kappa shape index (κ1) is 24.7. The summed E-state index contributed by atoms with van der Waals surface area (Å²) in [6.45, 7) is 26.1. The molecule has 0 saturated carbocycles. The average molecular weight is 408 g/mol. The van der Waals surface area contributed by atoms with Crippen molar-refractivity contribution in [2.45, 2.75) is 87.1 Å². The highest BCUT2D eigenvalue weighted by Gasteiger charge is 2.39. The number of carbonyl (C=O) groups excluding carboxylic acids is 1. The molecule has 0 aromatic rings. The molecule has 4 heteroatoms. The van der Waals surface area contributed by atoms with Gasteiger partial charge in [-0.2, -0.15) is 0 Å². The van der Waals surface area contributed by atoms with E-state index in [1.165, 1.54) is 52.0 Å². The molecule has 0 bridgehead atoms. The number of likely N-dealkylation sites (tertiary alicyclic amines) is 1. The molecular weight excluding hydrogens is 358 g/mol. The minimum Gasteiger partial charge on any atom is -0.342 e. The van der Waals surface area contributed by atoms with Gasteiger partial charge in [0.15, 0.2) is 0 Å². The second-order valence-corrected chi connectivity index (χ2v) is 11.5. The lowest BCUT2D eigenvalue weighted by atomic mass is 9.69. The third-order valence-electron chi connectivity index (χ3n) is 8.08. The number of nitrogens with zero attached hydrogens (tertiary/aromatic N) is 3. The van der Waals surface area contributed by atoms with Gasteiger partial charge in [0.05, 0.1) is 0 Å². The van der Waals surface area contributed by atoms with Gasteiger partial charge in [0, 0.05) is 57.3 Å². The predicted molar refractivity (Wildman–Crippen MR) is 124 cm³/mol. The Kier molecular flexibility index (Phi) is 8.61. The second-order valence-electron chi connectivity index (χ2n) is 11.5. The molecule has 2 rings (SSSR count). The Morgan fingerprint density at radius 2 is 1.48 bits per heavy atom. The molecule has 2 saturated heterocycles. The first-order valence-electron chi connectivity index (χ1n) is 12.2. The molecule has 1 atom stereocenters. The molecule has 0 N–H and O–H groups in total. The molecule has 0 aromatic carbocycles. The van der Waals surface area contributed by atoms with E-state index >= 15 is 0 Å². The molecule has 29 heavy (non-hydrogen) atoms. The van der Waals surface area contributed by atoms with Crippen LogP contribution in [0.25, 0.3) is 0 Å². The monoisotopic (exact) mass is 407 g/mol. The molecule has 1 unspecified atom stereocenters. The van der Waals surface area contributed by atoms with Crippen LogP contribution in [0, 0.1) is 22.7 Å². The van der Waals surface area contributed by atoms with E-state index in [4.69, 9.17) is 0 Å². The number of amides is 1. The number of carbonyl (C=O) groups is 1. The molecule has 2 aliphatic heterocycles. The summed E-state index contributed by atoms with van der Waals surface area (Å²) in [5.74, 6) is 1.71. The van der Waals surface area contributed by atoms with Crippen LogP contribution in [0.3, 0.4) is 0 Å². The molecule has 2 aliphatic rings. The van der Waals surface area contributed by atoms with E-state index in [1.807, 2.05) is 0 Å². The summed E-state index contributed by atoms with van der Waals surface area (Å²) in [7, 11) is 0. The topological polar surface area (TPSA) is 26.8 Å². The maximum Gasteiger partial charge on any atom is 0.228 e. The van der Waals surface area contributed by atoms with Crippen LogP contribution < -0.4 is 0 Å². The van der Waals surface area contributed by atoms with Crippen LogP contribution in [0.15, 0.2) is 0 Å². The van der Waals surface area contributed by atoms with Crippen molar-refractivity contribution in [3.05, 3.63) is 0 Å².